The minimum absolute atomic E-state index is 0.0711. The van der Waals surface area contributed by atoms with Gasteiger partial charge in [-0.15, -0.1) is 15.3 Å². The molecule has 10 heteroatoms. The van der Waals surface area contributed by atoms with Crippen LogP contribution in [0.3, 0.4) is 0 Å². The van der Waals surface area contributed by atoms with Crippen molar-refractivity contribution in [1.82, 2.24) is 29.6 Å². The van der Waals surface area contributed by atoms with Gasteiger partial charge in [0.05, 0.1) is 6.42 Å². The summed E-state index contributed by atoms with van der Waals surface area (Å²) in [7, 11) is 0. The first kappa shape index (κ1) is 21.7. The Kier molecular flexibility index (Phi) is 5.92. The average Bonchev–Trinajstić information content (AvgIpc) is 3.30. The molecule has 2 saturated heterocycles. The molecule has 0 unspecified atom stereocenters. The summed E-state index contributed by atoms with van der Waals surface area (Å²) < 4.78 is 28.3. The number of aromatic nitrogens is 4. The number of piperidine rings is 1. The van der Waals surface area contributed by atoms with Gasteiger partial charge in [-0.2, -0.15) is 4.52 Å². The van der Waals surface area contributed by atoms with Gasteiger partial charge in [0.25, 0.3) is 5.92 Å². The van der Waals surface area contributed by atoms with Gasteiger partial charge < -0.3 is 9.80 Å². The number of carbonyl (C=O) groups excluding carboxylic acids is 1. The average molecular weight is 456 g/mol. The van der Waals surface area contributed by atoms with Crippen LogP contribution in [0.2, 0.25) is 0 Å². The molecule has 0 bridgehead atoms. The molecule has 0 aliphatic carbocycles. The second kappa shape index (κ2) is 9.01. The van der Waals surface area contributed by atoms with Gasteiger partial charge in [-0.25, -0.2) is 8.78 Å². The highest BCUT2D eigenvalue weighted by atomic mass is 19.3. The zero-order chi connectivity index (χ0) is 22.8. The number of fused-ring (bicyclic) bond motifs is 1. The standard InChI is InChI=1S/C23H27F2N7O/c24-23(25)7-9-29(10-8-23)16-19-3-1-18(2-4-19)15-22(33)31-13-11-30(12-14-31)21-6-5-20-27-26-17-32(20)28-21/h1-6,17H,7-16H2. The number of nitrogens with zero attached hydrogens (tertiary/aromatic N) is 7. The number of halogens is 2. The lowest BCUT2D eigenvalue weighted by molar-refractivity contribution is -0.130. The number of benzene rings is 1. The second-order valence-electron chi connectivity index (χ2n) is 8.82. The van der Waals surface area contributed by atoms with Crippen molar-refractivity contribution in [2.24, 2.45) is 0 Å². The first-order valence-corrected chi connectivity index (χ1v) is 11.3. The number of likely N-dealkylation sites (tertiary alicyclic amines) is 1. The van der Waals surface area contributed by atoms with Crippen molar-refractivity contribution in [3.05, 3.63) is 53.9 Å². The molecule has 0 spiro atoms. The maximum Gasteiger partial charge on any atom is 0.250 e. The van der Waals surface area contributed by atoms with Crippen molar-refractivity contribution in [2.75, 3.05) is 44.2 Å². The van der Waals surface area contributed by atoms with Gasteiger partial charge in [-0.1, -0.05) is 24.3 Å². The molecule has 174 valence electrons. The third-order valence-electron chi connectivity index (χ3n) is 6.48. The molecule has 33 heavy (non-hydrogen) atoms. The number of hydrogen-bond donors (Lipinski definition) is 0. The van der Waals surface area contributed by atoms with E-state index in [1.807, 2.05) is 41.3 Å². The maximum atomic E-state index is 13.3. The summed E-state index contributed by atoms with van der Waals surface area (Å²) in [4.78, 5) is 18.9. The summed E-state index contributed by atoms with van der Waals surface area (Å²) in [6, 6.07) is 11.8. The van der Waals surface area contributed by atoms with E-state index in [0.29, 0.717) is 44.8 Å². The van der Waals surface area contributed by atoms with Gasteiger partial charge >= 0.3 is 0 Å². The SMILES string of the molecule is O=C(Cc1ccc(CN2CCC(F)(F)CC2)cc1)N1CCN(c2ccc3nncn3n2)CC1. The van der Waals surface area contributed by atoms with Gasteiger partial charge in [0.1, 0.15) is 12.1 Å². The van der Waals surface area contributed by atoms with E-state index in [4.69, 9.17) is 0 Å². The Hall–Kier alpha value is -3.14. The summed E-state index contributed by atoms with van der Waals surface area (Å²) in [6.45, 7) is 4.25. The summed E-state index contributed by atoms with van der Waals surface area (Å²) in [6.07, 6.45) is 1.80. The highest BCUT2D eigenvalue weighted by Crippen LogP contribution is 2.28. The third-order valence-corrected chi connectivity index (χ3v) is 6.48. The first-order chi connectivity index (χ1) is 15.9. The molecule has 8 nitrogen and oxygen atoms in total. The molecule has 0 radical (unpaired) electrons. The Morgan fingerprint density at radius 2 is 1.61 bits per heavy atom. The predicted octanol–water partition coefficient (Wildman–Crippen LogP) is 2.25. The first-order valence-electron chi connectivity index (χ1n) is 11.3. The van der Waals surface area contributed by atoms with Gasteiger partial charge in [0, 0.05) is 58.7 Å². The molecule has 0 saturated carbocycles. The number of alkyl halides is 2. The Morgan fingerprint density at radius 3 is 2.33 bits per heavy atom. The number of carbonyl (C=O) groups is 1. The zero-order valence-corrected chi connectivity index (χ0v) is 18.4. The van der Waals surface area contributed by atoms with Crippen molar-refractivity contribution in [1.29, 1.82) is 0 Å². The van der Waals surface area contributed by atoms with E-state index in [-0.39, 0.29) is 18.7 Å². The molecule has 3 aromatic rings. The van der Waals surface area contributed by atoms with E-state index < -0.39 is 5.92 Å². The lowest BCUT2D eigenvalue weighted by Crippen LogP contribution is -2.49. The molecule has 2 aromatic heterocycles. The van der Waals surface area contributed by atoms with E-state index in [0.717, 1.165) is 30.0 Å². The number of rotatable bonds is 5. The van der Waals surface area contributed by atoms with E-state index in [9.17, 15) is 13.6 Å². The Bertz CT molecular complexity index is 1100. The number of piperazine rings is 1. The van der Waals surface area contributed by atoms with Crippen LogP contribution in [0.4, 0.5) is 14.6 Å². The molecule has 0 N–H and O–H groups in total. The van der Waals surface area contributed by atoms with E-state index in [2.05, 4.69) is 25.1 Å². The minimum Gasteiger partial charge on any atom is -0.352 e. The zero-order valence-electron chi connectivity index (χ0n) is 18.4. The van der Waals surface area contributed by atoms with Crippen LogP contribution in [0.25, 0.3) is 5.65 Å². The maximum absolute atomic E-state index is 13.3. The summed E-state index contributed by atoms with van der Waals surface area (Å²) >= 11 is 0. The Labute approximate surface area is 190 Å². The van der Waals surface area contributed by atoms with Crippen LogP contribution >= 0.6 is 0 Å². The highest BCUT2D eigenvalue weighted by Gasteiger charge is 2.33. The van der Waals surface area contributed by atoms with Crippen molar-refractivity contribution in [2.45, 2.75) is 31.7 Å². The fourth-order valence-electron chi connectivity index (χ4n) is 4.42. The van der Waals surface area contributed by atoms with Crippen LogP contribution in [0.5, 0.6) is 0 Å². The van der Waals surface area contributed by atoms with Crippen LogP contribution in [-0.2, 0) is 17.8 Å². The molecule has 2 aliphatic heterocycles. The molecular weight excluding hydrogens is 428 g/mol. The monoisotopic (exact) mass is 455 g/mol. The predicted molar refractivity (Wildman–Crippen MR) is 119 cm³/mol. The van der Waals surface area contributed by atoms with Crippen LogP contribution in [0.15, 0.2) is 42.7 Å². The van der Waals surface area contributed by atoms with E-state index >= 15 is 0 Å². The van der Waals surface area contributed by atoms with Crippen LogP contribution in [0.1, 0.15) is 24.0 Å². The van der Waals surface area contributed by atoms with Crippen LogP contribution < -0.4 is 4.90 Å². The number of anilines is 1. The van der Waals surface area contributed by atoms with Crippen molar-refractivity contribution in [3.63, 3.8) is 0 Å². The minimum atomic E-state index is -2.52. The van der Waals surface area contributed by atoms with Gasteiger partial charge in [-0.3, -0.25) is 9.69 Å². The number of hydrogen-bond acceptors (Lipinski definition) is 6. The molecule has 1 amide bonds. The van der Waals surface area contributed by atoms with Crippen molar-refractivity contribution in [3.8, 4) is 0 Å². The Morgan fingerprint density at radius 1 is 0.909 bits per heavy atom. The lowest BCUT2D eigenvalue weighted by atomic mass is 10.0. The molecule has 5 rings (SSSR count). The van der Waals surface area contributed by atoms with Gasteiger partial charge in [-0.05, 0) is 23.3 Å². The molecular formula is C23H27F2N7O. The molecule has 2 fully saturated rings. The molecule has 2 aliphatic rings. The van der Waals surface area contributed by atoms with Crippen molar-refractivity contribution >= 4 is 17.4 Å². The summed E-state index contributed by atoms with van der Waals surface area (Å²) in [5.74, 6) is -1.56. The summed E-state index contributed by atoms with van der Waals surface area (Å²) in [5.41, 5.74) is 2.76. The van der Waals surface area contributed by atoms with E-state index in [1.165, 1.54) is 0 Å². The third kappa shape index (κ3) is 5.11. The Balaban J connectivity index is 1.10. The van der Waals surface area contributed by atoms with Crippen LogP contribution in [0, 0.1) is 0 Å². The lowest BCUT2D eigenvalue weighted by Gasteiger charge is -2.35. The second-order valence-corrected chi connectivity index (χ2v) is 8.82. The normalized spacial score (nSPS) is 19.2. The van der Waals surface area contributed by atoms with Crippen molar-refractivity contribution < 1.29 is 13.6 Å². The molecule has 1 aromatic carbocycles. The fourth-order valence-corrected chi connectivity index (χ4v) is 4.42. The topological polar surface area (TPSA) is 69.9 Å². The van der Waals surface area contributed by atoms with Crippen LogP contribution in [-0.4, -0.2) is 80.7 Å². The summed E-state index contributed by atoms with van der Waals surface area (Å²) in [5, 5.41) is 12.3. The van der Waals surface area contributed by atoms with Gasteiger partial charge in [0.15, 0.2) is 5.65 Å². The molecule has 0 atom stereocenters. The molecule has 4 heterocycles. The largest absolute Gasteiger partial charge is 0.352 e. The smallest absolute Gasteiger partial charge is 0.250 e. The fraction of sp³-hybridized carbons (Fsp3) is 0.478. The van der Waals surface area contributed by atoms with Gasteiger partial charge in [0.2, 0.25) is 5.91 Å². The van der Waals surface area contributed by atoms with E-state index in [1.54, 1.807) is 10.8 Å². The highest BCUT2D eigenvalue weighted by molar-refractivity contribution is 5.79. The quantitative estimate of drug-likeness (QED) is 0.588. The number of amides is 1.